The Kier molecular flexibility index (Phi) is 7.20. The molecule has 1 aliphatic carbocycles. The molecule has 14 heavy (non-hydrogen) atoms. The van der Waals surface area contributed by atoms with Crippen molar-refractivity contribution >= 4 is 0 Å². The smallest absolute Gasteiger partial charge is 0.0132 e. The van der Waals surface area contributed by atoms with Crippen molar-refractivity contribution in [3.05, 3.63) is 0 Å². The molecule has 3 atom stereocenters. The summed E-state index contributed by atoms with van der Waals surface area (Å²) in [7, 11) is 4.34. The van der Waals surface area contributed by atoms with Gasteiger partial charge in [-0.2, -0.15) is 0 Å². The third kappa shape index (κ3) is 3.58. The Balaban J connectivity index is 0.000000791. The van der Waals surface area contributed by atoms with E-state index >= 15 is 0 Å². The lowest BCUT2D eigenvalue weighted by atomic mass is 9.79. The SMILES string of the molecule is CC.CCC1C(N)CCCC1N(C)C. The van der Waals surface area contributed by atoms with E-state index in [1.807, 2.05) is 13.8 Å². The van der Waals surface area contributed by atoms with Gasteiger partial charge in [0.05, 0.1) is 0 Å². The van der Waals surface area contributed by atoms with Crippen LogP contribution in [0, 0.1) is 5.92 Å². The average Bonchev–Trinajstić information content (AvgIpc) is 2.20. The maximum Gasteiger partial charge on any atom is 0.0132 e. The molecule has 0 spiro atoms. The fraction of sp³-hybridized carbons (Fsp3) is 1.00. The molecule has 1 saturated carbocycles. The summed E-state index contributed by atoms with van der Waals surface area (Å²) in [5.74, 6) is 0.716. The first-order valence-corrected chi connectivity index (χ1v) is 6.08. The maximum atomic E-state index is 6.09. The monoisotopic (exact) mass is 200 g/mol. The van der Waals surface area contributed by atoms with Crippen molar-refractivity contribution in [2.24, 2.45) is 11.7 Å². The van der Waals surface area contributed by atoms with Crippen molar-refractivity contribution in [3.8, 4) is 0 Å². The molecule has 0 aliphatic heterocycles. The van der Waals surface area contributed by atoms with Gasteiger partial charge in [-0.1, -0.05) is 33.6 Å². The van der Waals surface area contributed by atoms with Gasteiger partial charge in [0.25, 0.3) is 0 Å². The van der Waals surface area contributed by atoms with Crippen LogP contribution < -0.4 is 5.73 Å². The first-order chi connectivity index (χ1) is 6.66. The lowest BCUT2D eigenvalue weighted by Crippen LogP contribution is -2.47. The van der Waals surface area contributed by atoms with Crippen molar-refractivity contribution in [2.45, 2.75) is 58.5 Å². The molecule has 0 aromatic carbocycles. The van der Waals surface area contributed by atoms with Crippen LogP contribution in [0.25, 0.3) is 0 Å². The molecular formula is C12H28N2. The summed E-state index contributed by atoms with van der Waals surface area (Å²) in [6.45, 7) is 6.26. The highest BCUT2D eigenvalue weighted by molar-refractivity contribution is 4.87. The summed E-state index contributed by atoms with van der Waals surface area (Å²) in [4.78, 5) is 2.34. The van der Waals surface area contributed by atoms with Crippen LogP contribution in [-0.4, -0.2) is 31.1 Å². The summed E-state index contributed by atoms with van der Waals surface area (Å²) < 4.78 is 0. The molecular weight excluding hydrogens is 172 g/mol. The first-order valence-electron chi connectivity index (χ1n) is 6.08. The summed E-state index contributed by atoms with van der Waals surface area (Å²) in [6, 6.07) is 1.16. The van der Waals surface area contributed by atoms with Gasteiger partial charge in [-0.05, 0) is 32.9 Å². The molecule has 3 unspecified atom stereocenters. The topological polar surface area (TPSA) is 29.3 Å². The van der Waals surface area contributed by atoms with E-state index in [-0.39, 0.29) is 0 Å². The van der Waals surface area contributed by atoms with E-state index < -0.39 is 0 Å². The van der Waals surface area contributed by atoms with E-state index in [1.165, 1.54) is 25.7 Å². The van der Waals surface area contributed by atoms with Crippen LogP contribution in [-0.2, 0) is 0 Å². The Bertz CT molecular complexity index is 134. The predicted molar refractivity (Wildman–Crippen MR) is 64.4 cm³/mol. The fourth-order valence-electron chi connectivity index (χ4n) is 2.49. The Morgan fingerprint density at radius 1 is 1.21 bits per heavy atom. The van der Waals surface area contributed by atoms with E-state index in [9.17, 15) is 0 Å². The molecule has 1 rings (SSSR count). The second-order valence-corrected chi connectivity index (χ2v) is 4.20. The summed E-state index contributed by atoms with van der Waals surface area (Å²) >= 11 is 0. The summed E-state index contributed by atoms with van der Waals surface area (Å²) in [5.41, 5.74) is 6.09. The summed E-state index contributed by atoms with van der Waals surface area (Å²) in [6.07, 6.45) is 5.09. The molecule has 0 aromatic heterocycles. The van der Waals surface area contributed by atoms with Gasteiger partial charge in [-0.15, -0.1) is 0 Å². The highest BCUT2D eigenvalue weighted by Crippen LogP contribution is 2.28. The van der Waals surface area contributed by atoms with E-state index in [4.69, 9.17) is 5.73 Å². The van der Waals surface area contributed by atoms with Crippen molar-refractivity contribution in [1.29, 1.82) is 0 Å². The van der Waals surface area contributed by atoms with Gasteiger partial charge >= 0.3 is 0 Å². The summed E-state index contributed by atoms with van der Waals surface area (Å²) in [5, 5.41) is 0. The van der Waals surface area contributed by atoms with Gasteiger partial charge < -0.3 is 10.6 Å². The van der Waals surface area contributed by atoms with Crippen molar-refractivity contribution in [2.75, 3.05) is 14.1 Å². The molecule has 0 heterocycles. The highest BCUT2D eigenvalue weighted by atomic mass is 15.1. The lowest BCUT2D eigenvalue weighted by Gasteiger charge is -2.39. The zero-order valence-electron chi connectivity index (χ0n) is 10.6. The molecule has 1 aliphatic rings. The van der Waals surface area contributed by atoms with Crippen LogP contribution in [0.2, 0.25) is 0 Å². The number of nitrogens with two attached hydrogens (primary N) is 1. The van der Waals surface area contributed by atoms with Gasteiger partial charge in [0, 0.05) is 12.1 Å². The van der Waals surface area contributed by atoms with E-state index in [2.05, 4.69) is 25.9 Å². The quantitative estimate of drug-likeness (QED) is 0.742. The largest absolute Gasteiger partial charge is 0.327 e. The van der Waals surface area contributed by atoms with Gasteiger partial charge in [0.15, 0.2) is 0 Å². The second-order valence-electron chi connectivity index (χ2n) is 4.20. The normalized spacial score (nSPS) is 32.4. The van der Waals surface area contributed by atoms with Gasteiger partial charge in [-0.3, -0.25) is 0 Å². The van der Waals surface area contributed by atoms with Crippen LogP contribution >= 0.6 is 0 Å². The third-order valence-electron chi connectivity index (χ3n) is 3.22. The van der Waals surface area contributed by atoms with Gasteiger partial charge in [0.1, 0.15) is 0 Å². The Morgan fingerprint density at radius 2 is 1.79 bits per heavy atom. The highest BCUT2D eigenvalue weighted by Gasteiger charge is 2.30. The van der Waals surface area contributed by atoms with Gasteiger partial charge in [-0.25, -0.2) is 0 Å². The minimum atomic E-state index is 0.441. The molecule has 0 bridgehead atoms. The van der Waals surface area contributed by atoms with Crippen LogP contribution in [0.5, 0.6) is 0 Å². The van der Waals surface area contributed by atoms with Crippen molar-refractivity contribution in [1.82, 2.24) is 4.90 Å². The molecule has 0 radical (unpaired) electrons. The van der Waals surface area contributed by atoms with Crippen LogP contribution in [0.4, 0.5) is 0 Å². The number of rotatable bonds is 2. The van der Waals surface area contributed by atoms with Crippen molar-refractivity contribution in [3.63, 3.8) is 0 Å². The standard InChI is InChI=1S/C10H22N2.C2H6/c1-4-8-9(11)6-5-7-10(8)12(2)3;1-2/h8-10H,4-7,11H2,1-3H3;1-2H3. The Hall–Kier alpha value is -0.0800. The molecule has 2 heteroatoms. The molecule has 2 N–H and O–H groups in total. The first kappa shape index (κ1) is 13.9. The van der Waals surface area contributed by atoms with Crippen LogP contribution in [0.15, 0.2) is 0 Å². The Morgan fingerprint density at radius 3 is 2.14 bits per heavy atom. The van der Waals surface area contributed by atoms with Crippen LogP contribution in [0.3, 0.4) is 0 Å². The van der Waals surface area contributed by atoms with E-state index in [0.29, 0.717) is 12.0 Å². The second kappa shape index (κ2) is 7.24. The van der Waals surface area contributed by atoms with Crippen molar-refractivity contribution < 1.29 is 0 Å². The van der Waals surface area contributed by atoms with Crippen LogP contribution in [0.1, 0.15) is 46.5 Å². The van der Waals surface area contributed by atoms with Gasteiger partial charge in [0.2, 0.25) is 0 Å². The zero-order chi connectivity index (χ0) is 11.1. The predicted octanol–water partition coefficient (Wildman–Crippen LogP) is 2.48. The average molecular weight is 200 g/mol. The molecule has 0 aromatic rings. The molecule has 0 saturated heterocycles. The molecule has 1 fully saturated rings. The lowest BCUT2D eigenvalue weighted by molar-refractivity contribution is 0.133. The minimum absolute atomic E-state index is 0.441. The molecule has 86 valence electrons. The Labute approximate surface area is 89.9 Å². The maximum absolute atomic E-state index is 6.09. The van der Waals surface area contributed by atoms with E-state index in [1.54, 1.807) is 0 Å². The third-order valence-corrected chi connectivity index (χ3v) is 3.22. The minimum Gasteiger partial charge on any atom is -0.327 e. The molecule has 2 nitrogen and oxygen atoms in total. The number of nitrogens with zero attached hydrogens (tertiary/aromatic N) is 1. The number of hydrogen-bond donors (Lipinski definition) is 1. The number of hydrogen-bond acceptors (Lipinski definition) is 2. The van der Waals surface area contributed by atoms with E-state index in [0.717, 1.165) is 6.04 Å². The fourth-order valence-corrected chi connectivity index (χ4v) is 2.49. The molecule has 0 amide bonds. The zero-order valence-corrected chi connectivity index (χ0v) is 10.6.